The molecule has 0 saturated heterocycles. The van der Waals surface area contributed by atoms with Crippen molar-refractivity contribution in [3.63, 3.8) is 0 Å². The third kappa shape index (κ3) is 2.79. The average molecular weight is 292 g/mol. The Hall–Kier alpha value is -1.95. The molecule has 0 fully saturated rings. The second kappa shape index (κ2) is 4.92. The fraction of sp³-hybridized carbons (Fsp3) is 0. The predicted octanol–water partition coefficient (Wildman–Crippen LogP) is 3.42. The van der Waals surface area contributed by atoms with E-state index in [1.807, 2.05) is 30.3 Å². The number of pyridine rings is 1. The van der Waals surface area contributed by atoms with E-state index < -0.39 is 0 Å². The summed E-state index contributed by atoms with van der Waals surface area (Å²) in [6.07, 6.45) is 0. The van der Waals surface area contributed by atoms with Gasteiger partial charge in [-0.15, -0.1) is 5.11 Å². The highest BCUT2D eigenvalue weighted by Crippen LogP contribution is 2.29. The fourth-order valence-corrected chi connectivity index (χ4v) is 1.50. The van der Waals surface area contributed by atoms with E-state index in [9.17, 15) is 0 Å². The molecule has 0 spiro atoms. The molecule has 1 heterocycles. The first-order valence-electron chi connectivity index (χ1n) is 4.85. The van der Waals surface area contributed by atoms with E-state index in [2.05, 4.69) is 31.1 Å². The average Bonchev–Trinajstić information content (AvgIpc) is 2.33. The van der Waals surface area contributed by atoms with Crippen LogP contribution >= 0.6 is 15.9 Å². The van der Waals surface area contributed by atoms with Crippen molar-refractivity contribution in [1.82, 2.24) is 4.98 Å². The molecule has 17 heavy (non-hydrogen) atoms. The number of azo groups is 1. The van der Waals surface area contributed by atoms with Gasteiger partial charge in [0.05, 0.1) is 10.2 Å². The number of rotatable bonds is 2. The van der Waals surface area contributed by atoms with Crippen molar-refractivity contribution in [1.29, 1.82) is 0 Å². The molecule has 0 amide bonds. The van der Waals surface area contributed by atoms with E-state index in [0.29, 0.717) is 16.0 Å². The molecule has 0 bridgehead atoms. The molecule has 0 unspecified atom stereocenters. The van der Waals surface area contributed by atoms with E-state index >= 15 is 0 Å². The number of hydrogen-bond donors (Lipinski definition) is 2. The van der Waals surface area contributed by atoms with Gasteiger partial charge in [-0.05, 0) is 34.1 Å². The Kier molecular flexibility index (Phi) is 3.34. The Balaban J connectivity index is 2.31. The van der Waals surface area contributed by atoms with E-state index in [1.165, 1.54) is 0 Å². The Morgan fingerprint density at radius 3 is 2.41 bits per heavy atom. The van der Waals surface area contributed by atoms with Crippen LogP contribution in [0.2, 0.25) is 0 Å². The highest BCUT2D eigenvalue weighted by molar-refractivity contribution is 9.10. The molecule has 0 saturated carbocycles. The lowest BCUT2D eigenvalue weighted by atomic mass is 10.3. The second-order valence-corrected chi connectivity index (χ2v) is 4.15. The van der Waals surface area contributed by atoms with Crippen LogP contribution in [0.15, 0.2) is 51.1 Å². The first-order chi connectivity index (χ1) is 8.16. The van der Waals surface area contributed by atoms with Gasteiger partial charge in [0.15, 0.2) is 5.82 Å². The van der Waals surface area contributed by atoms with Crippen molar-refractivity contribution in [2.75, 3.05) is 11.5 Å². The fourth-order valence-electron chi connectivity index (χ4n) is 1.19. The molecular weight excluding hydrogens is 282 g/mol. The molecule has 0 atom stereocenters. The first-order valence-corrected chi connectivity index (χ1v) is 5.64. The van der Waals surface area contributed by atoms with Crippen LogP contribution in [0.3, 0.4) is 0 Å². The van der Waals surface area contributed by atoms with Gasteiger partial charge in [-0.25, -0.2) is 4.98 Å². The highest BCUT2D eigenvalue weighted by atomic mass is 79.9. The number of hydrogen-bond acceptors (Lipinski definition) is 5. The van der Waals surface area contributed by atoms with E-state index in [-0.39, 0.29) is 5.82 Å². The number of halogens is 1. The lowest BCUT2D eigenvalue weighted by Gasteiger charge is -2.01. The van der Waals surface area contributed by atoms with Crippen molar-refractivity contribution in [3.05, 3.63) is 40.9 Å². The largest absolute Gasteiger partial charge is 0.383 e. The zero-order valence-electron chi connectivity index (χ0n) is 8.84. The Morgan fingerprint density at radius 1 is 1.00 bits per heavy atom. The summed E-state index contributed by atoms with van der Waals surface area (Å²) in [5.41, 5.74) is 12.5. The number of nitrogen functional groups attached to an aromatic ring is 2. The molecule has 2 rings (SSSR count). The smallest absolute Gasteiger partial charge is 0.153 e. The number of benzene rings is 1. The molecule has 2 aromatic rings. The predicted molar refractivity (Wildman–Crippen MR) is 71.4 cm³/mol. The molecule has 0 aliphatic heterocycles. The highest BCUT2D eigenvalue weighted by Gasteiger charge is 2.04. The van der Waals surface area contributed by atoms with Gasteiger partial charge in [0.25, 0.3) is 0 Å². The van der Waals surface area contributed by atoms with E-state index in [0.717, 1.165) is 5.69 Å². The lowest BCUT2D eigenvalue weighted by molar-refractivity contribution is 1.20. The molecule has 0 aliphatic rings. The van der Waals surface area contributed by atoms with Crippen LogP contribution in [0.5, 0.6) is 0 Å². The summed E-state index contributed by atoms with van der Waals surface area (Å²) in [4.78, 5) is 3.94. The number of anilines is 2. The summed E-state index contributed by atoms with van der Waals surface area (Å²) in [5.74, 6) is 0.589. The van der Waals surface area contributed by atoms with Gasteiger partial charge in [-0.3, -0.25) is 0 Å². The second-order valence-electron chi connectivity index (χ2n) is 3.30. The molecular formula is C11H10BrN5. The summed E-state index contributed by atoms with van der Waals surface area (Å²) < 4.78 is 0.647. The van der Waals surface area contributed by atoms with Crippen molar-refractivity contribution < 1.29 is 0 Å². The van der Waals surface area contributed by atoms with Gasteiger partial charge in [-0.1, -0.05) is 18.2 Å². The number of nitrogens with two attached hydrogens (primary N) is 2. The number of aromatic nitrogens is 1. The van der Waals surface area contributed by atoms with Crippen LogP contribution in [-0.2, 0) is 0 Å². The molecule has 86 valence electrons. The molecule has 6 heteroatoms. The van der Waals surface area contributed by atoms with Gasteiger partial charge in [0.2, 0.25) is 0 Å². The van der Waals surface area contributed by atoms with Gasteiger partial charge in [0, 0.05) is 0 Å². The standard InChI is InChI=1S/C11H10BrN5/c12-8-6-9(11(14)15-10(8)13)17-16-7-4-2-1-3-5-7/h1-6H,(H4,13,14,15)/b17-16+. The minimum Gasteiger partial charge on any atom is -0.383 e. The lowest BCUT2D eigenvalue weighted by Crippen LogP contribution is -1.96. The maximum absolute atomic E-state index is 5.69. The molecule has 0 radical (unpaired) electrons. The maximum atomic E-state index is 5.69. The normalized spacial score (nSPS) is 10.9. The Bertz CT molecular complexity index is 553. The van der Waals surface area contributed by atoms with E-state index in [1.54, 1.807) is 6.07 Å². The van der Waals surface area contributed by atoms with Crippen LogP contribution in [0.4, 0.5) is 23.0 Å². The van der Waals surface area contributed by atoms with Gasteiger partial charge < -0.3 is 11.5 Å². The van der Waals surface area contributed by atoms with Crippen molar-refractivity contribution >= 4 is 38.9 Å². The van der Waals surface area contributed by atoms with E-state index in [4.69, 9.17) is 11.5 Å². The number of nitrogens with zero attached hydrogens (tertiary/aromatic N) is 3. The zero-order chi connectivity index (χ0) is 12.3. The Labute approximate surface area is 107 Å². The molecule has 1 aromatic carbocycles. The molecule has 4 N–H and O–H groups in total. The molecule has 1 aromatic heterocycles. The summed E-state index contributed by atoms with van der Waals surface area (Å²) >= 11 is 3.26. The minimum atomic E-state index is 0.255. The van der Waals surface area contributed by atoms with Crippen LogP contribution < -0.4 is 11.5 Å². The van der Waals surface area contributed by atoms with Crippen LogP contribution in [0.25, 0.3) is 0 Å². The van der Waals surface area contributed by atoms with Crippen LogP contribution in [0.1, 0.15) is 0 Å². The first kappa shape index (κ1) is 11.5. The SMILES string of the molecule is Nc1nc(N)c(/N=N/c2ccccc2)cc1Br. The molecule has 0 aliphatic carbocycles. The third-order valence-electron chi connectivity index (χ3n) is 2.04. The molecule has 5 nitrogen and oxygen atoms in total. The van der Waals surface area contributed by atoms with Crippen LogP contribution in [0, 0.1) is 0 Å². The summed E-state index contributed by atoms with van der Waals surface area (Å²) in [6, 6.07) is 11.1. The Morgan fingerprint density at radius 2 is 1.71 bits per heavy atom. The van der Waals surface area contributed by atoms with Crippen molar-refractivity contribution in [2.45, 2.75) is 0 Å². The van der Waals surface area contributed by atoms with Crippen molar-refractivity contribution in [3.8, 4) is 0 Å². The maximum Gasteiger partial charge on any atom is 0.153 e. The third-order valence-corrected chi connectivity index (χ3v) is 2.68. The quantitative estimate of drug-likeness (QED) is 0.831. The van der Waals surface area contributed by atoms with Gasteiger partial charge in [-0.2, -0.15) is 5.11 Å². The van der Waals surface area contributed by atoms with Gasteiger partial charge >= 0.3 is 0 Å². The summed E-state index contributed by atoms with van der Waals surface area (Å²) in [6.45, 7) is 0. The summed E-state index contributed by atoms with van der Waals surface area (Å²) in [5, 5.41) is 8.08. The summed E-state index contributed by atoms with van der Waals surface area (Å²) in [7, 11) is 0. The van der Waals surface area contributed by atoms with Gasteiger partial charge in [0.1, 0.15) is 11.5 Å². The monoisotopic (exact) mass is 291 g/mol. The zero-order valence-corrected chi connectivity index (χ0v) is 10.4. The van der Waals surface area contributed by atoms with Crippen molar-refractivity contribution in [2.24, 2.45) is 10.2 Å². The topological polar surface area (TPSA) is 89.6 Å². The van der Waals surface area contributed by atoms with Crippen LogP contribution in [-0.4, -0.2) is 4.98 Å². The minimum absolute atomic E-state index is 0.255.